The average Bonchev–Trinajstić information content (AvgIpc) is 3.79. The summed E-state index contributed by atoms with van der Waals surface area (Å²) in [7, 11) is 0. The van der Waals surface area contributed by atoms with Crippen molar-refractivity contribution in [1.82, 2.24) is 44.6 Å². The molecule has 1 N–H and O–H groups in total. The first-order valence-corrected chi connectivity index (χ1v) is 14.7. The molecule has 9 nitrogen and oxygen atoms in total. The second kappa shape index (κ2) is 12.1. The van der Waals surface area contributed by atoms with Gasteiger partial charge in [-0.3, -0.25) is 0 Å². The van der Waals surface area contributed by atoms with Gasteiger partial charge in [0.1, 0.15) is 5.82 Å². The van der Waals surface area contributed by atoms with E-state index in [4.69, 9.17) is 9.97 Å². The second-order valence-corrected chi connectivity index (χ2v) is 10.6. The van der Waals surface area contributed by atoms with Gasteiger partial charge in [0.15, 0.2) is 5.82 Å². The maximum absolute atomic E-state index is 5.05. The third kappa shape index (κ3) is 5.47. The van der Waals surface area contributed by atoms with Crippen molar-refractivity contribution in [3.05, 3.63) is 90.1 Å². The van der Waals surface area contributed by atoms with Gasteiger partial charge < -0.3 is 14.0 Å². The Morgan fingerprint density at radius 3 is 2.40 bits per heavy atom. The number of benzene rings is 3. The predicted molar refractivity (Wildman–Crippen MR) is 167 cm³/mol. The molecule has 0 unspecified atom stereocenters. The van der Waals surface area contributed by atoms with Gasteiger partial charge >= 0.3 is 0 Å². The lowest BCUT2D eigenvalue weighted by Crippen LogP contribution is -2.26. The Morgan fingerprint density at radius 1 is 0.905 bits per heavy atom. The molecule has 0 aliphatic rings. The highest BCUT2D eigenvalue weighted by molar-refractivity contribution is 5.85. The van der Waals surface area contributed by atoms with E-state index < -0.39 is 0 Å². The summed E-state index contributed by atoms with van der Waals surface area (Å²) < 4.78 is 4.55. The Morgan fingerprint density at radius 2 is 1.69 bits per heavy atom. The van der Waals surface area contributed by atoms with Gasteiger partial charge in [0.25, 0.3) is 0 Å². The van der Waals surface area contributed by atoms with Crippen LogP contribution in [0.25, 0.3) is 44.8 Å². The Kier molecular flexibility index (Phi) is 7.92. The highest BCUT2D eigenvalue weighted by atomic mass is 15.5. The molecular weight excluding hydrogens is 522 g/mol. The number of hydrogen-bond acceptors (Lipinski definition) is 6. The van der Waals surface area contributed by atoms with Crippen molar-refractivity contribution in [2.75, 3.05) is 19.6 Å². The molecule has 0 amide bonds. The largest absolute Gasteiger partial charge is 0.336 e. The Labute approximate surface area is 246 Å². The molecule has 0 saturated heterocycles. The summed E-state index contributed by atoms with van der Waals surface area (Å²) in [5, 5.41) is 14.5. The summed E-state index contributed by atoms with van der Waals surface area (Å²) in [6, 6.07) is 21.4. The summed E-state index contributed by atoms with van der Waals surface area (Å²) >= 11 is 0. The maximum atomic E-state index is 5.05. The first-order valence-electron chi connectivity index (χ1n) is 14.7. The minimum atomic E-state index is 0.659. The molecule has 0 bridgehead atoms. The molecular formula is C33H37N9. The van der Waals surface area contributed by atoms with Crippen LogP contribution < -0.4 is 0 Å². The second-order valence-electron chi connectivity index (χ2n) is 10.6. The van der Waals surface area contributed by atoms with Crippen LogP contribution >= 0.6 is 0 Å². The SMILES string of the molecule is CCc1nc2c(C)cc(-c3cn(CCN(CC)CC)cn3)cc2n1Cc1ccc(-c2ccccc2-c2nnn[nH]2)cc1. The summed E-state index contributed by atoms with van der Waals surface area (Å²) in [6.07, 6.45) is 4.98. The number of imidazole rings is 2. The molecule has 0 fully saturated rings. The lowest BCUT2D eigenvalue weighted by molar-refractivity contribution is 0.290. The third-order valence-corrected chi connectivity index (χ3v) is 8.07. The van der Waals surface area contributed by atoms with Crippen LogP contribution in [0, 0.1) is 6.92 Å². The standard InChI is InChI=1S/C33H37N9/c1-5-31-35-32-23(4)18-26(29-21-41(22-34-29)17-16-40(6-2)7-3)19-30(32)42(31)20-24-12-14-25(15-13-24)27-10-8-9-11-28(27)33-36-38-39-37-33/h8-15,18-19,21-22H,5-7,16-17,20H2,1-4H3,(H,36,37,38,39). The van der Waals surface area contributed by atoms with Crippen LogP contribution in [0.4, 0.5) is 0 Å². The van der Waals surface area contributed by atoms with E-state index in [0.29, 0.717) is 5.82 Å². The van der Waals surface area contributed by atoms with E-state index in [0.717, 1.165) is 84.0 Å². The van der Waals surface area contributed by atoms with Gasteiger partial charge in [-0.25, -0.2) is 15.1 Å². The Hall–Kier alpha value is -4.63. The van der Waals surface area contributed by atoms with Crippen molar-refractivity contribution in [3.63, 3.8) is 0 Å². The Balaban J connectivity index is 1.29. The number of aromatic nitrogens is 8. The van der Waals surface area contributed by atoms with Crippen molar-refractivity contribution in [3.8, 4) is 33.8 Å². The molecule has 0 aliphatic heterocycles. The van der Waals surface area contributed by atoms with Crippen molar-refractivity contribution >= 4 is 11.0 Å². The number of nitrogens with zero attached hydrogens (tertiary/aromatic N) is 8. The van der Waals surface area contributed by atoms with Gasteiger partial charge in [-0.05, 0) is 64.8 Å². The first-order chi connectivity index (χ1) is 20.6. The van der Waals surface area contributed by atoms with Gasteiger partial charge in [-0.15, -0.1) is 5.10 Å². The van der Waals surface area contributed by atoms with Gasteiger partial charge in [0, 0.05) is 43.4 Å². The maximum Gasteiger partial charge on any atom is 0.180 e. The highest BCUT2D eigenvalue weighted by Crippen LogP contribution is 2.31. The van der Waals surface area contributed by atoms with Crippen molar-refractivity contribution in [1.29, 1.82) is 0 Å². The van der Waals surface area contributed by atoms with E-state index in [-0.39, 0.29) is 0 Å². The minimum Gasteiger partial charge on any atom is -0.336 e. The quantitative estimate of drug-likeness (QED) is 0.209. The van der Waals surface area contributed by atoms with Crippen molar-refractivity contribution in [2.24, 2.45) is 0 Å². The smallest absolute Gasteiger partial charge is 0.180 e. The van der Waals surface area contributed by atoms with Crippen molar-refractivity contribution in [2.45, 2.75) is 47.2 Å². The fraction of sp³-hybridized carbons (Fsp3) is 0.303. The van der Waals surface area contributed by atoms with Crippen molar-refractivity contribution < 1.29 is 0 Å². The zero-order valence-electron chi connectivity index (χ0n) is 24.7. The number of likely N-dealkylation sites (N-methyl/N-ethyl adjacent to an activating group) is 1. The fourth-order valence-electron chi connectivity index (χ4n) is 5.65. The molecule has 0 saturated carbocycles. The molecule has 3 aromatic carbocycles. The van der Waals surface area contributed by atoms with E-state index in [1.807, 2.05) is 24.5 Å². The van der Waals surface area contributed by atoms with Crippen LogP contribution in [0.3, 0.4) is 0 Å². The normalized spacial score (nSPS) is 11.6. The molecule has 214 valence electrons. The molecule has 0 atom stereocenters. The van der Waals surface area contributed by atoms with E-state index in [1.165, 1.54) is 11.1 Å². The molecule has 6 rings (SSSR count). The first kappa shape index (κ1) is 27.5. The number of fused-ring (bicyclic) bond motifs is 1. The lowest BCUT2D eigenvalue weighted by Gasteiger charge is -2.17. The van der Waals surface area contributed by atoms with Crippen LogP contribution in [0.15, 0.2) is 73.2 Å². The Bertz CT molecular complexity index is 1770. The number of hydrogen-bond donors (Lipinski definition) is 1. The number of rotatable bonds is 11. The van der Waals surface area contributed by atoms with Gasteiger partial charge in [0.2, 0.25) is 0 Å². The summed E-state index contributed by atoms with van der Waals surface area (Å²) in [6.45, 7) is 13.6. The number of aryl methyl sites for hydroxylation is 2. The number of nitrogens with one attached hydrogen (secondary N) is 1. The van der Waals surface area contributed by atoms with Crippen LogP contribution in [0.5, 0.6) is 0 Å². The number of tetrazole rings is 1. The molecule has 3 heterocycles. The van der Waals surface area contributed by atoms with Crippen LogP contribution in [0.2, 0.25) is 0 Å². The number of aromatic amines is 1. The molecule has 6 aromatic rings. The summed E-state index contributed by atoms with van der Waals surface area (Å²) in [5.41, 5.74) is 9.89. The highest BCUT2D eigenvalue weighted by Gasteiger charge is 2.16. The van der Waals surface area contributed by atoms with E-state index in [2.05, 4.69) is 111 Å². The minimum absolute atomic E-state index is 0.659. The number of H-pyrrole nitrogens is 1. The molecule has 0 spiro atoms. The zero-order chi connectivity index (χ0) is 29.1. The van der Waals surface area contributed by atoms with E-state index >= 15 is 0 Å². The predicted octanol–water partition coefficient (Wildman–Crippen LogP) is 6.01. The summed E-state index contributed by atoms with van der Waals surface area (Å²) in [5.74, 6) is 1.74. The van der Waals surface area contributed by atoms with Crippen LogP contribution in [-0.4, -0.2) is 64.3 Å². The molecule has 0 radical (unpaired) electrons. The molecule has 42 heavy (non-hydrogen) atoms. The molecule has 3 aromatic heterocycles. The third-order valence-electron chi connectivity index (χ3n) is 8.07. The topological polar surface area (TPSA) is 93.3 Å². The fourth-order valence-corrected chi connectivity index (χ4v) is 5.65. The van der Waals surface area contributed by atoms with E-state index in [9.17, 15) is 0 Å². The molecule has 0 aliphatic carbocycles. The monoisotopic (exact) mass is 559 g/mol. The van der Waals surface area contributed by atoms with E-state index in [1.54, 1.807) is 0 Å². The lowest BCUT2D eigenvalue weighted by atomic mass is 9.98. The van der Waals surface area contributed by atoms with Crippen LogP contribution in [-0.2, 0) is 19.5 Å². The van der Waals surface area contributed by atoms with Gasteiger partial charge in [0.05, 0.1) is 23.1 Å². The van der Waals surface area contributed by atoms with Gasteiger partial charge in [-0.1, -0.05) is 69.3 Å². The average molecular weight is 560 g/mol. The van der Waals surface area contributed by atoms with Crippen LogP contribution in [0.1, 0.15) is 37.7 Å². The summed E-state index contributed by atoms with van der Waals surface area (Å²) in [4.78, 5) is 12.2. The van der Waals surface area contributed by atoms with Gasteiger partial charge in [-0.2, -0.15) is 0 Å². The molecule has 9 heteroatoms. The zero-order valence-corrected chi connectivity index (χ0v) is 24.7.